The van der Waals surface area contributed by atoms with Crippen LogP contribution in [0, 0.1) is 19.8 Å². The maximum absolute atomic E-state index is 12.5. The summed E-state index contributed by atoms with van der Waals surface area (Å²) in [6.45, 7) is 9.78. The van der Waals surface area contributed by atoms with Crippen molar-refractivity contribution < 1.29 is 8.42 Å². The summed E-state index contributed by atoms with van der Waals surface area (Å²) < 4.78 is 24.9. The highest BCUT2D eigenvalue weighted by Crippen LogP contribution is 2.23. The first-order chi connectivity index (χ1) is 9.19. The fourth-order valence-electron chi connectivity index (χ4n) is 2.34. The van der Waals surface area contributed by atoms with Crippen LogP contribution >= 0.6 is 0 Å². The third-order valence-electron chi connectivity index (χ3n) is 4.05. The van der Waals surface area contributed by atoms with Crippen molar-refractivity contribution in [3.05, 3.63) is 34.9 Å². The third-order valence-corrected chi connectivity index (χ3v) is 6.53. The van der Waals surface area contributed by atoms with Crippen LogP contribution in [-0.4, -0.2) is 26.5 Å². The van der Waals surface area contributed by atoms with Gasteiger partial charge in [0.1, 0.15) is 0 Å². The second-order valence-corrected chi connectivity index (χ2v) is 8.38. The molecule has 1 rings (SSSR count). The molecule has 20 heavy (non-hydrogen) atoms. The molecular formula is C16H27NO2S. The van der Waals surface area contributed by atoms with Gasteiger partial charge in [-0.1, -0.05) is 37.6 Å². The predicted molar refractivity (Wildman–Crippen MR) is 85.8 cm³/mol. The number of aryl methyl sites for hydroxylation is 2. The zero-order chi connectivity index (χ0) is 15.5. The molecule has 2 unspecified atom stereocenters. The number of hydrogen-bond donors (Lipinski definition) is 1. The summed E-state index contributed by atoms with van der Waals surface area (Å²) >= 11 is 0. The molecule has 0 aromatic heterocycles. The van der Waals surface area contributed by atoms with Gasteiger partial charge in [0.05, 0.1) is 11.0 Å². The Morgan fingerprint density at radius 3 is 2.20 bits per heavy atom. The van der Waals surface area contributed by atoms with Crippen LogP contribution in [0.4, 0.5) is 0 Å². The van der Waals surface area contributed by atoms with Crippen molar-refractivity contribution in [3.63, 3.8) is 0 Å². The second-order valence-electron chi connectivity index (χ2n) is 5.98. The molecule has 0 saturated heterocycles. The lowest BCUT2D eigenvalue weighted by Gasteiger charge is -2.23. The van der Waals surface area contributed by atoms with Crippen molar-refractivity contribution in [3.8, 4) is 0 Å². The maximum atomic E-state index is 12.5. The Labute approximate surface area is 123 Å². The number of benzene rings is 1. The fraction of sp³-hybridized carbons (Fsp3) is 0.625. The zero-order valence-corrected chi connectivity index (χ0v) is 14.2. The highest BCUT2D eigenvalue weighted by molar-refractivity contribution is 7.92. The van der Waals surface area contributed by atoms with E-state index < -0.39 is 9.84 Å². The van der Waals surface area contributed by atoms with E-state index in [9.17, 15) is 8.42 Å². The molecule has 4 heteroatoms. The standard InChI is InChI=1S/C16H27NO2S/c1-11(2)14(5)20(18,19)10-16(17-6)15-8-7-12(3)9-13(15)4/h7-9,11,14,16-17H,10H2,1-6H3. The van der Waals surface area contributed by atoms with Crippen LogP contribution in [0.1, 0.15) is 43.5 Å². The Morgan fingerprint density at radius 1 is 1.15 bits per heavy atom. The molecule has 0 aliphatic rings. The molecule has 114 valence electrons. The first-order valence-electron chi connectivity index (χ1n) is 7.15. The van der Waals surface area contributed by atoms with E-state index in [1.165, 1.54) is 5.56 Å². The molecule has 2 atom stereocenters. The average Bonchev–Trinajstić information content (AvgIpc) is 2.35. The van der Waals surface area contributed by atoms with E-state index in [1.54, 1.807) is 6.92 Å². The van der Waals surface area contributed by atoms with Crippen molar-refractivity contribution in [2.75, 3.05) is 12.8 Å². The van der Waals surface area contributed by atoms with Gasteiger partial charge < -0.3 is 5.32 Å². The first kappa shape index (κ1) is 17.2. The third kappa shape index (κ3) is 4.06. The molecule has 0 aliphatic carbocycles. The minimum absolute atomic E-state index is 0.136. The molecule has 0 fully saturated rings. The average molecular weight is 297 g/mol. The SMILES string of the molecule is CNC(CS(=O)(=O)C(C)C(C)C)c1ccc(C)cc1C. The highest BCUT2D eigenvalue weighted by atomic mass is 32.2. The minimum atomic E-state index is -3.11. The quantitative estimate of drug-likeness (QED) is 0.878. The van der Waals surface area contributed by atoms with Crippen molar-refractivity contribution in [2.45, 2.75) is 45.9 Å². The van der Waals surface area contributed by atoms with Crippen LogP contribution in [0.5, 0.6) is 0 Å². The maximum Gasteiger partial charge on any atom is 0.155 e. The fourth-order valence-corrected chi connectivity index (χ4v) is 4.29. The van der Waals surface area contributed by atoms with Gasteiger partial charge in [-0.3, -0.25) is 0 Å². The van der Waals surface area contributed by atoms with Gasteiger partial charge in [0.15, 0.2) is 9.84 Å². The van der Waals surface area contributed by atoms with E-state index >= 15 is 0 Å². The van der Waals surface area contributed by atoms with Crippen molar-refractivity contribution in [1.29, 1.82) is 0 Å². The Balaban J connectivity index is 3.03. The molecule has 0 aliphatic heterocycles. The van der Waals surface area contributed by atoms with Gasteiger partial charge in [0, 0.05) is 6.04 Å². The molecule has 0 bridgehead atoms. The number of hydrogen-bond acceptors (Lipinski definition) is 3. The van der Waals surface area contributed by atoms with Gasteiger partial charge in [-0.15, -0.1) is 0 Å². The van der Waals surface area contributed by atoms with E-state index in [0.717, 1.165) is 11.1 Å². The Bertz CT molecular complexity index is 550. The molecule has 0 radical (unpaired) electrons. The smallest absolute Gasteiger partial charge is 0.155 e. The predicted octanol–water partition coefficient (Wildman–Crippen LogP) is 3.02. The van der Waals surface area contributed by atoms with Gasteiger partial charge in [-0.25, -0.2) is 8.42 Å². The van der Waals surface area contributed by atoms with Crippen molar-refractivity contribution in [1.82, 2.24) is 5.32 Å². The molecule has 0 spiro atoms. The van der Waals surface area contributed by atoms with Crippen molar-refractivity contribution >= 4 is 9.84 Å². The van der Waals surface area contributed by atoms with Crippen LogP contribution in [0.15, 0.2) is 18.2 Å². The summed E-state index contributed by atoms with van der Waals surface area (Å²) in [5.41, 5.74) is 3.40. The summed E-state index contributed by atoms with van der Waals surface area (Å²) in [6, 6.07) is 6.01. The lowest BCUT2D eigenvalue weighted by atomic mass is 10.0. The topological polar surface area (TPSA) is 46.2 Å². The van der Waals surface area contributed by atoms with Gasteiger partial charge in [-0.05, 0) is 44.9 Å². The monoisotopic (exact) mass is 297 g/mol. The van der Waals surface area contributed by atoms with Crippen LogP contribution in [0.2, 0.25) is 0 Å². The molecule has 1 N–H and O–H groups in total. The number of sulfone groups is 1. The molecule has 0 heterocycles. The van der Waals surface area contributed by atoms with Gasteiger partial charge >= 0.3 is 0 Å². The normalized spacial score (nSPS) is 15.3. The van der Waals surface area contributed by atoms with Crippen molar-refractivity contribution in [2.24, 2.45) is 5.92 Å². The lowest BCUT2D eigenvalue weighted by molar-refractivity contribution is 0.532. The van der Waals surface area contributed by atoms with E-state index in [0.29, 0.717) is 0 Å². The highest BCUT2D eigenvalue weighted by Gasteiger charge is 2.28. The molecular weight excluding hydrogens is 270 g/mol. The van der Waals surface area contributed by atoms with Gasteiger partial charge in [0.25, 0.3) is 0 Å². The summed E-state index contributed by atoms with van der Waals surface area (Å²) in [5, 5.41) is 2.83. The largest absolute Gasteiger partial charge is 0.312 e. The molecule has 1 aromatic carbocycles. The van der Waals surface area contributed by atoms with Gasteiger partial charge in [0.2, 0.25) is 0 Å². The van der Waals surface area contributed by atoms with E-state index in [4.69, 9.17) is 0 Å². The summed E-state index contributed by atoms with van der Waals surface area (Å²) in [4.78, 5) is 0. The number of rotatable bonds is 6. The van der Waals surface area contributed by atoms with Crippen LogP contribution in [0.25, 0.3) is 0 Å². The molecule has 0 saturated carbocycles. The minimum Gasteiger partial charge on any atom is -0.312 e. The first-order valence-corrected chi connectivity index (χ1v) is 8.86. The Morgan fingerprint density at radius 2 is 1.75 bits per heavy atom. The summed E-state index contributed by atoms with van der Waals surface area (Å²) in [6.07, 6.45) is 0. The van der Waals surface area contributed by atoms with Crippen LogP contribution < -0.4 is 5.32 Å². The van der Waals surface area contributed by atoms with Crippen LogP contribution in [0.3, 0.4) is 0 Å². The molecule has 0 amide bonds. The lowest BCUT2D eigenvalue weighted by Crippen LogP contribution is -2.33. The zero-order valence-electron chi connectivity index (χ0n) is 13.4. The summed E-state index contributed by atoms with van der Waals surface area (Å²) in [7, 11) is -1.29. The van der Waals surface area contributed by atoms with Crippen LogP contribution in [-0.2, 0) is 9.84 Å². The molecule has 3 nitrogen and oxygen atoms in total. The van der Waals surface area contributed by atoms with E-state index in [-0.39, 0.29) is 23.0 Å². The Kier molecular flexibility index (Phi) is 5.78. The van der Waals surface area contributed by atoms with Gasteiger partial charge in [-0.2, -0.15) is 0 Å². The number of nitrogens with one attached hydrogen (secondary N) is 1. The second kappa shape index (κ2) is 6.72. The summed E-state index contributed by atoms with van der Waals surface area (Å²) in [5.74, 6) is 0.281. The van der Waals surface area contributed by atoms with E-state index in [2.05, 4.69) is 11.4 Å². The van der Waals surface area contributed by atoms with E-state index in [1.807, 2.05) is 46.9 Å². The molecule has 1 aromatic rings. The Hall–Kier alpha value is -0.870.